The summed E-state index contributed by atoms with van der Waals surface area (Å²) in [7, 11) is -3.80. The van der Waals surface area contributed by atoms with Gasteiger partial charge in [0.15, 0.2) is 0 Å². The molecule has 192 valence electrons. The summed E-state index contributed by atoms with van der Waals surface area (Å²) in [5.74, 6) is -0.818. The molecule has 7 nitrogen and oxygen atoms in total. The molecular formula is C25H33Cl2N3O4S. The van der Waals surface area contributed by atoms with Crippen LogP contribution in [-0.4, -0.2) is 50.0 Å². The summed E-state index contributed by atoms with van der Waals surface area (Å²) >= 11 is 12.2. The zero-order chi connectivity index (χ0) is 26.5. The lowest BCUT2D eigenvalue weighted by Gasteiger charge is -2.33. The van der Waals surface area contributed by atoms with E-state index in [1.165, 1.54) is 4.90 Å². The van der Waals surface area contributed by atoms with E-state index in [2.05, 4.69) is 5.32 Å². The molecule has 2 aromatic rings. The summed E-state index contributed by atoms with van der Waals surface area (Å²) in [4.78, 5) is 28.1. The van der Waals surface area contributed by atoms with Crippen molar-refractivity contribution in [3.63, 3.8) is 0 Å². The number of nitrogens with zero attached hydrogens (tertiary/aromatic N) is 2. The molecule has 0 saturated heterocycles. The molecule has 0 bridgehead atoms. The maximum Gasteiger partial charge on any atom is 0.244 e. The van der Waals surface area contributed by atoms with Crippen LogP contribution in [0.2, 0.25) is 10.0 Å². The number of anilines is 1. The molecule has 0 aromatic heterocycles. The number of carbonyl (C=O) groups is 2. The average Bonchev–Trinajstić information content (AvgIpc) is 2.74. The number of aryl methyl sites for hydroxylation is 2. The highest BCUT2D eigenvalue weighted by Crippen LogP contribution is 2.26. The Labute approximate surface area is 218 Å². The Kier molecular flexibility index (Phi) is 10.0. The Hall–Kier alpha value is -2.29. The Morgan fingerprint density at radius 2 is 1.69 bits per heavy atom. The van der Waals surface area contributed by atoms with Crippen LogP contribution in [0.1, 0.15) is 43.9 Å². The van der Waals surface area contributed by atoms with Gasteiger partial charge in [0.1, 0.15) is 12.6 Å². The summed E-state index contributed by atoms with van der Waals surface area (Å²) in [5, 5.41) is 3.55. The molecule has 0 fully saturated rings. The molecule has 2 amide bonds. The van der Waals surface area contributed by atoms with Gasteiger partial charge in [-0.15, -0.1) is 0 Å². The number of carbonyl (C=O) groups excluding carboxylic acids is 2. The van der Waals surface area contributed by atoms with Crippen LogP contribution >= 0.6 is 23.2 Å². The standard InChI is InChI=1S/C25H33Cl2N3O4S/c1-7-22(25(32)28-16(2)3)29(14-19-10-11-20(26)21(27)13-19)24(31)15-30(35(6,33)34)23-12-17(4)8-9-18(23)5/h8-13,16,22H,7,14-15H2,1-6H3,(H,28,32)/t22-/m0/s1. The quantitative estimate of drug-likeness (QED) is 0.471. The predicted octanol–water partition coefficient (Wildman–Crippen LogP) is 4.71. The molecule has 1 atom stereocenters. The molecule has 1 N–H and O–H groups in total. The van der Waals surface area contributed by atoms with Gasteiger partial charge in [-0.1, -0.05) is 48.3 Å². The van der Waals surface area contributed by atoms with Crippen LogP contribution in [0.15, 0.2) is 36.4 Å². The lowest BCUT2D eigenvalue weighted by molar-refractivity contribution is -0.140. The van der Waals surface area contributed by atoms with Crippen molar-refractivity contribution in [3.05, 3.63) is 63.1 Å². The fourth-order valence-corrected chi connectivity index (χ4v) is 4.94. The van der Waals surface area contributed by atoms with Crippen molar-refractivity contribution in [2.75, 3.05) is 17.1 Å². The van der Waals surface area contributed by atoms with Gasteiger partial charge in [-0.2, -0.15) is 0 Å². The third kappa shape index (κ3) is 7.85. The number of sulfonamides is 1. The Morgan fingerprint density at radius 3 is 2.23 bits per heavy atom. The first-order chi connectivity index (χ1) is 16.2. The fourth-order valence-electron chi connectivity index (χ4n) is 3.72. The van der Waals surface area contributed by atoms with Crippen molar-refractivity contribution < 1.29 is 18.0 Å². The van der Waals surface area contributed by atoms with Crippen LogP contribution in [-0.2, 0) is 26.2 Å². The number of hydrogen-bond acceptors (Lipinski definition) is 4. The normalized spacial score (nSPS) is 12.4. The van der Waals surface area contributed by atoms with E-state index < -0.39 is 28.5 Å². The van der Waals surface area contributed by atoms with Crippen LogP contribution in [0.4, 0.5) is 5.69 Å². The van der Waals surface area contributed by atoms with Crippen molar-refractivity contribution in [2.24, 2.45) is 0 Å². The van der Waals surface area contributed by atoms with Gasteiger partial charge in [-0.05, 0) is 69.0 Å². The number of rotatable bonds is 10. The van der Waals surface area contributed by atoms with Gasteiger partial charge in [0.2, 0.25) is 21.8 Å². The lowest BCUT2D eigenvalue weighted by Crippen LogP contribution is -2.53. The van der Waals surface area contributed by atoms with Crippen molar-refractivity contribution in [2.45, 2.75) is 59.7 Å². The van der Waals surface area contributed by atoms with Crippen LogP contribution in [0.25, 0.3) is 0 Å². The summed E-state index contributed by atoms with van der Waals surface area (Å²) in [6.07, 6.45) is 1.40. The maximum atomic E-state index is 13.7. The third-order valence-corrected chi connectivity index (χ3v) is 7.33. The summed E-state index contributed by atoms with van der Waals surface area (Å²) < 4.78 is 26.6. The second-order valence-electron chi connectivity index (χ2n) is 8.92. The second-order valence-corrected chi connectivity index (χ2v) is 11.6. The number of hydrogen-bond donors (Lipinski definition) is 1. The molecule has 0 saturated carbocycles. The smallest absolute Gasteiger partial charge is 0.244 e. The molecule has 0 aliphatic carbocycles. The van der Waals surface area contributed by atoms with E-state index in [-0.39, 0.29) is 18.5 Å². The van der Waals surface area contributed by atoms with E-state index in [9.17, 15) is 18.0 Å². The first-order valence-electron chi connectivity index (χ1n) is 11.3. The Balaban J connectivity index is 2.51. The van der Waals surface area contributed by atoms with Gasteiger partial charge in [-0.25, -0.2) is 8.42 Å². The van der Waals surface area contributed by atoms with Gasteiger partial charge in [0.05, 0.1) is 22.0 Å². The van der Waals surface area contributed by atoms with Gasteiger partial charge < -0.3 is 10.2 Å². The van der Waals surface area contributed by atoms with Crippen LogP contribution in [0.3, 0.4) is 0 Å². The molecule has 0 spiro atoms. The molecule has 10 heteroatoms. The second kappa shape index (κ2) is 12.1. The highest BCUT2D eigenvalue weighted by molar-refractivity contribution is 7.92. The van der Waals surface area contributed by atoms with Gasteiger partial charge >= 0.3 is 0 Å². The van der Waals surface area contributed by atoms with Gasteiger partial charge in [-0.3, -0.25) is 13.9 Å². The summed E-state index contributed by atoms with van der Waals surface area (Å²) in [6, 6.07) is 9.47. The Morgan fingerprint density at radius 1 is 1.03 bits per heavy atom. The van der Waals surface area contributed by atoms with E-state index in [1.807, 2.05) is 32.9 Å². The minimum absolute atomic E-state index is 0.0597. The topological polar surface area (TPSA) is 86.8 Å². The monoisotopic (exact) mass is 541 g/mol. The average molecular weight is 543 g/mol. The SMILES string of the molecule is CC[C@@H](C(=O)NC(C)C)N(Cc1ccc(Cl)c(Cl)c1)C(=O)CN(c1cc(C)ccc1C)S(C)(=O)=O. The predicted molar refractivity (Wildman–Crippen MR) is 142 cm³/mol. The van der Waals surface area contributed by atoms with E-state index in [0.29, 0.717) is 27.7 Å². The van der Waals surface area contributed by atoms with Crippen LogP contribution in [0, 0.1) is 13.8 Å². The third-order valence-electron chi connectivity index (χ3n) is 5.47. The van der Waals surface area contributed by atoms with Crippen molar-refractivity contribution in [1.82, 2.24) is 10.2 Å². The zero-order valence-electron chi connectivity index (χ0n) is 20.9. The minimum atomic E-state index is -3.80. The summed E-state index contributed by atoms with van der Waals surface area (Å²) in [5.41, 5.74) is 2.67. The number of halogens is 2. The summed E-state index contributed by atoms with van der Waals surface area (Å²) in [6.45, 7) is 8.73. The molecule has 35 heavy (non-hydrogen) atoms. The molecular weight excluding hydrogens is 509 g/mol. The zero-order valence-corrected chi connectivity index (χ0v) is 23.3. The molecule has 2 rings (SSSR count). The first-order valence-corrected chi connectivity index (χ1v) is 13.9. The molecule has 0 unspecified atom stereocenters. The fraction of sp³-hybridized carbons (Fsp3) is 0.440. The highest BCUT2D eigenvalue weighted by atomic mass is 35.5. The van der Waals surface area contributed by atoms with Crippen LogP contribution < -0.4 is 9.62 Å². The maximum absolute atomic E-state index is 13.7. The van der Waals surface area contributed by atoms with E-state index >= 15 is 0 Å². The number of amides is 2. The first kappa shape index (κ1) is 28.9. The molecule has 0 aliphatic heterocycles. The van der Waals surface area contributed by atoms with Gasteiger partial charge in [0, 0.05) is 12.6 Å². The van der Waals surface area contributed by atoms with E-state index in [1.54, 1.807) is 38.1 Å². The minimum Gasteiger partial charge on any atom is -0.352 e. The lowest BCUT2D eigenvalue weighted by atomic mass is 10.1. The van der Waals surface area contributed by atoms with Crippen molar-refractivity contribution >= 4 is 50.7 Å². The van der Waals surface area contributed by atoms with Crippen LogP contribution in [0.5, 0.6) is 0 Å². The number of nitrogens with one attached hydrogen (secondary N) is 1. The molecule has 0 aliphatic rings. The molecule has 2 aromatic carbocycles. The molecule has 0 radical (unpaired) electrons. The van der Waals surface area contributed by atoms with E-state index in [4.69, 9.17) is 23.2 Å². The highest BCUT2D eigenvalue weighted by Gasteiger charge is 2.32. The largest absolute Gasteiger partial charge is 0.352 e. The molecule has 0 heterocycles. The van der Waals surface area contributed by atoms with Crippen molar-refractivity contribution in [1.29, 1.82) is 0 Å². The van der Waals surface area contributed by atoms with Gasteiger partial charge in [0.25, 0.3) is 0 Å². The number of benzene rings is 2. The van der Waals surface area contributed by atoms with Crippen molar-refractivity contribution in [3.8, 4) is 0 Å². The Bertz CT molecular complexity index is 1190. The van der Waals surface area contributed by atoms with E-state index in [0.717, 1.165) is 21.7 Å².